The number of thiazole rings is 2. The number of hydrogen-bond donors (Lipinski definition) is 4. The van der Waals surface area contributed by atoms with E-state index in [2.05, 4.69) is 42.6 Å². The highest BCUT2D eigenvalue weighted by Gasteiger charge is 2.25. The number of aliphatic hydroxyl groups excluding tert-OH is 1. The van der Waals surface area contributed by atoms with Crippen molar-refractivity contribution in [2.24, 2.45) is 0 Å². The predicted molar refractivity (Wildman–Crippen MR) is 185 cm³/mol. The highest BCUT2D eigenvalue weighted by Crippen LogP contribution is 2.34. The molecule has 0 saturated heterocycles. The average molecular weight is 692 g/mol. The number of anilines is 4. The van der Waals surface area contributed by atoms with Crippen molar-refractivity contribution in [2.75, 3.05) is 50.7 Å². The Labute approximate surface area is 284 Å². The first-order valence-electron chi connectivity index (χ1n) is 15.0. The Balaban J connectivity index is 1.32. The van der Waals surface area contributed by atoms with Crippen molar-refractivity contribution in [3.63, 3.8) is 0 Å². The number of halogens is 1. The lowest BCUT2D eigenvalue weighted by atomic mass is 10.2. The maximum absolute atomic E-state index is 14.6. The Bertz CT molecular complexity index is 1900. The lowest BCUT2D eigenvalue weighted by Gasteiger charge is -2.25. The van der Waals surface area contributed by atoms with Gasteiger partial charge in [0.2, 0.25) is 0 Å². The van der Waals surface area contributed by atoms with Crippen LogP contribution in [0.1, 0.15) is 32.9 Å². The molecule has 1 unspecified atom stereocenters. The second-order valence-corrected chi connectivity index (χ2v) is 12.6. The fourth-order valence-electron chi connectivity index (χ4n) is 4.57. The molecule has 2 aromatic carbocycles. The lowest BCUT2D eigenvalue weighted by Crippen LogP contribution is -2.33. The molecule has 0 bridgehead atoms. The smallest absolute Gasteiger partial charge is 0.355 e. The minimum Gasteiger partial charge on any atom is -0.491 e. The van der Waals surface area contributed by atoms with Crippen LogP contribution in [0, 0.1) is 24.6 Å². The van der Waals surface area contributed by atoms with Crippen LogP contribution in [0.5, 0.6) is 5.75 Å². The molecule has 5 rings (SSSR count). The van der Waals surface area contributed by atoms with Crippen molar-refractivity contribution in [1.82, 2.24) is 25.5 Å². The number of benzene rings is 2. The van der Waals surface area contributed by atoms with Crippen molar-refractivity contribution < 1.29 is 28.9 Å². The summed E-state index contributed by atoms with van der Waals surface area (Å²) in [7, 11) is 3.26. The molecule has 48 heavy (non-hydrogen) atoms. The third-order valence-electron chi connectivity index (χ3n) is 7.05. The number of nitrogens with zero attached hydrogens (tertiary/aromatic N) is 5. The number of methoxy groups -OCH3 is 1. The first-order chi connectivity index (χ1) is 23.3. The standard InChI is InChI=1S/C33H34FN7O5S2/c1-20-16-28(39-40-30(20)38-32-36-24-9-4-5-10-26(24)47-32)41(18-22(19-42)45-3)33-37-29(31(43)44)27(48-33)11-7-15-46-25-13-12-21(17-23(25)34)8-6-14-35-2/h4-5,9-10,12-13,16-17,22,35,42H,7,11,14-15,18-19H2,1-3H3,(H,43,44)(H,36,38,40). The molecule has 3 aromatic heterocycles. The molecule has 4 N–H and O–H groups in total. The van der Waals surface area contributed by atoms with E-state index in [0.29, 0.717) is 51.7 Å². The van der Waals surface area contributed by atoms with E-state index < -0.39 is 17.9 Å². The Morgan fingerprint density at radius 3 is 2.69 bits per heavy atom. The van der Waals surface area contributed by atoms with E-state index >= 15 is 0 Å². The third kappa shape index (κ3) is 8.59. The monoisotopic (exact) mass is 691 g/mol. The van der Waals surface area contributed by atoms with Gasteiger partial charge in [-0.3, -0.25) is 4.90 Å². The van der Waals surface area contributed by atoms with Gasteiger partial charge in [-0.25, -0.2) is 19.2 Å². The first kappa shape index (κ1) is 34.6. The first-order valence-corrected chi connectivity index (χ1v) is 16.6. The van der Waals surface area contributed by atoms with Crippen molar-refractivity contribution in [3.8, 4) is 17.6 Å². The van der Waals surface area contributed by atoms with Gasteiger partial charge < -0.3 is 30.3 Å². The van der Waals surface area contributed by atoms with E-state index in [4.69, 9.17) is 9.47 Å². The Hall–Kier alpha value is -4.72. The van der Waals surface area contributed by atoms with Gasteiger partial charge in [0.05, 0.1) is 42.6 Å². The second kappa shape index (κ2) is 16.4. The number of fused-ring (bicyclic) bond motifs is 1. The van der Waals surface area contributed by atoms with Crippen LogP contribution in [0.3, 0.4) is 0 Å². The quantitative estimate of drug-likeness (QED) is 0.0847. The van der Waals surface area contributed by atoms with Gasteiger partial charge in [0.1, 0.15) is 0 Å². The van der Waals surface area contributed by atoms with Gasteiger partial charge in [-0.1, -0.05) is 35.3 Å². The number of aromatic carboxylic acids is 1. The van der Waals surface area contributed by atoms with Crippen LogP contribution in [0.15, 0.2) is 48.5 Å². The molecule has 5 aromatic rings. The second-order valence-electron chi connectivity index (χ2n) is 10.5. The van der Waals surface area contributed by atoms with E-state index in [-0.39, 0.29) is 31.2 Å². The summed E-state index contributed by atoms with van der Waals surface area (Å²) < 4.78 is 26.7. The normalized spacial score (nSPS) is 11.6. The van der Waals surface area contributed by atoms with Crippen molar-refractivity contribution >= 4 is 60.8 Å². The molecule has 15 heteroatoms. The van der Waals surface area contributed by atoms with Crippen LogP contribution < -0.4 is 20.3 Å². The summed E-state index contributed by atoms with van der Waals surface area (Å²) in [6.45, 7) is 2.37. The molecule has 0 fully saturated rings. The number of aryl methyl sites for hydroxylation is 2. The van der Waals surface area contributed by atoms with E-state index in [0.717, 1.165) is 15.8 Å². The molecule has 250 valence electrons. The number of hydrogen-bond acceptors (Lipinski definition) is 13. The zero-order chi connectivity index (χ0) is 34.0. The molecule has 0 spiro atoms. The Morgan fingerprint density at radius 1 is 1.15 bits per heavy atom. The molecule has 1 atom stereocenters. The summed E-state index contributed by atoms with van der Waals surface area (Å²) in [6, 6.07) is 14.1. The minimum atomic E-state index is -1.18. The number of carboxylic acid groups (broad SMARTS) is 1. The molecule has 0 saturated carbocycles. The van der Waals surface area contributed by atoms with E-state index in [1.807, 2.05) is 31.2 Å². The molecule has 0 amide bonds. The largest absolute Gasteiger partial charge is 0.491 e. The Kier molecular flexibility index (Phi) is 11.8. The molecule has 0 aliphatic carbocycles. The van der Waals surface area contributed by atoms with E-state index in [1.54, 1.807) is 24.1 Å². The fourth-order valence-corrected chi connectivity index (χ4v) is 6.55. The number of ether oxygens (including phenoxy) is 2. The topological polar surface area (TPSA) is 155 Å². The summed E-state index contributed by atoms with van der Waals surface area (Å²) in [5.74, 6) is 5.05. The van der Waals surface area contributed by atoms with Crippen LogP contribution in [-0.4, -0.2) is 82.9 Å². The maximum atomic E-state index is 14.6. The number of carbonyl (C=O) groups is 1. The summed E-state index contributed by atoms with van der Waals surface area (Å²) in [4.78, 5) is 23.4. The molecule has 0 aliphatic rings. The van der Waals surface area contributed by atoms with E-state index in [1.165, 1.54) is 41.9 Å². The number of carboxylic acids is 1. The highest BCUT2D eigenvalue weighted by molar-refractivity contribution is 7.22. The summed E-state index contributed by atoms with van der Waals surface area (Å²) in [6.07, 6.45) is 0.122. The van der Waals surface area contributed by atoms with Gasteiger partial charge in [0, 0.05) is 17.6 Å². The number of aromatic nitrogens is 4. The van der Waals surface area contributed by atoms with Crippen molar-refractivity contribution in [3.05, 3.63) is 76.0 Å². The minimum absolute atomic E-state index is 0.0911. The van der Waals surface area contributed by atoms with Crippen LogP contribution in [0.4, 0.5) is 26.3 Å². The fraction of sp³-hybridized carbons (Fsp3) is 0.303. The number of nitrogens with one attached hydrogen (secondary N) is 2. The van der Waals surface area contributed by atoms with Crippen LogP contribution in [0.2, 0.25) is 0 Å². The van der Waals surface area contributed by atoms with Gasteiger partial charge in [0.15, 0.2) is 39.2 Å². The van der Waals surface area contributed by atoms with Gasteiger partial charge in [-0.05, 0) is 68.8 Å². The van der Waals surface area contributed by atoms with E-state index in [9.17, 15) is 19.4 Å². The number of aliphatic hydroxyl groups is 1. The van der Waals surface area contributed by atoms with Gasteiger partial charge >= 0.3 is 5.97 Å². The zero-order valence-corrected chi connectivity index (χ0v) is 28.1. The molecule has 12 nitrogen and oxygen atoms in total. The van der Waals surface area contributed by atoms with Gasteiger partial charge in [0.25, 0.3) is 0 Å². The third-order valence-corrected chi connectivity index (χ3v) is 9.14. The van der Waals surface area contributed by atoms with Crippen molar-refractivity contribution in [2.45, 2.75) is 25.9 Å². The molecular formula is C33H34FN7O5S2. The summed E-state index contributed by atoms with van der Waals surface area (Å²) >= 11 is 2.68. The number of para-hydroxylation sites is 1. The Morgan fingerprint density at radius 2 is 1.98 bits per heavy atom. The molecule has 3 heterocycles. The molecule has 0 radical (unpaired) electrons. The van der Waals surface area contributed by atoms with Crippen LogP contribution >= 0.6 is 22.7 Å². The predicted octanol–water partition coefficient (Wildman–Crippen LogP) is 5.16. The lowest BCUT2D eigenvalue weighted by molar-refractivity contribution is 0.0552. The van der Waals surface area contributed by atoms with Crippen LogP contribution in [0.25, 0.3) is 10.2 Å². The number of rotatable bonds is 15. The summed E-state index contributed by atoms with van der Waals surface area (Å²) in [5, 5.41) is 35.9. The van der Waals surface area contributed by atoms with Crippen LogP contribution in [-0.2, 0) is 11.2 Å². The highest BCUT2D eigenvalue weighted by atomic mass is 32.1. The van der Waals surface area contributed by atoms with Crippen molar-refractivity contribution in [1.29, 1.82) is 0 Å². The SMILES string of the molecule is CNCC#Cc1ccc(OCCCc2sc(N(CC(CO)OC)c3cc(C)c(Nc4nc5ccccc5s4)nn3)nc2C(=O)O)c(F)c1. The zero-order valence-electron chi connectivity index (χ0n) is 26.5. The van der Waals surface area contributed by atoms with Gasteiger partial charge in [-0.2, -0.15) is 0 Å². The summed E-state index contributed by atoms with van der Waals surface area (Å²) in [5.41, 5.74) is 2.08. The maximum Gasteiger partial charge on any atom is 0.355 e. The van der Waals surface area contributed by atoms with Gasteiger partial charge in [-0.15, -0.1) is 21.5 Å². The molecular weight excluding hydrogens is 658 g/mol. The average Bonchev–Trinajstić information content (AvgIpc) is 3.70. The molecule has 0 aliphatic heterocycles.